The van der Waals surface area contributed by atoms with E-state index in [1.807, 2.05) is 36.6 Å². The monoisotopic (exact) mass is 432 g/mol. The lowest BCUT2D eigenvalue weighted by Crippen LogP contribution is -2.10. The van der Waals surface area contributed by atoms with E-state index < -0.39 is 5.82 Å². The summed E-state index contributed by atoms with van der Waals surface area (Å²) in [6.07, 6.45) is 6.79. The van der Waals surface area contributed by atoms with E-state index in [0.717, 1.165) is 16.6 Å². The van der Waals surface area contributed by atoms with E-state index in [0.29, 0.717) is 39.4 Å². The summed E-state index contributed by atoms with van der Waals surface area (Å²) in [6.45, 7) is 4.03. The molecule has 0 radical (unpaired) electrons. The van der Waals surface area contributed by atoms with Gasteiger partial charge in [-0.05, 0) is 31.5 Å². The van der Waals surface area contributed by atoms with Crippen LogP contribution in [0.2, 0.25) is 5.02 Å². The number of hydrogen-bond donors (Lipinski definition) is 0. The van der Waals surface area contributed by atoms with Gasteiger partial charge in [-0.15, -0.1) is 0 Å². The number of halogens is 2. The fourth-order valence-electron chi connectivity index (χ4n) is 3.89. The second-order valence-corrected chi connectivity index (χ2v) is 7.71. The number of aryl methyl sites for hydroxylation is 1. The normalized spacial score (nSPS) is 12.5. The van der Waals surface area contributed by atoms with Gasteiger partial charge < -0.3 is 4.57 Å². The molecule has 5 rings (SSSR count). The largest absolute Gasteiger partial charge is 0.308 e. The van der Waals surface area contributed by atoms with Crippen LogP contribution in [0, 0.1) is 5.82 Å². The molecule has 0 spiro atoms. The van der Waals surface area contributed by atoms with Crippen LogP contribution in [-0.2, 0) is 6.42 Å². The highest BCUT2D eigenvalue weighted by Gasteiger charge is 2.21. The first-order valence-electron chi connectivity index (χ1n) is 9.93. The molecule has 0 bridgehead atoms. The number of imidazole rings is 1. The summed E-state index contributed by atoms with van der Waals surface area (Å²) in [5.41, 5.74) is 5.06. The highest BCUT2D eigenvalue weighted by molar-refractivity contribution is 6.35. The van der Waals surface area contributed by atoms with E-state index in [2.05, 4.69) is 19.9 Å². The van der Waals surface area contributed by atoms with Crippen molar-refractivity contribution >= 4 is 33.7 Å². The number of rotatable bonds is 4. The van der Waals surface area contributed by atoms with E-state index in [4.69, 9.17) is 16.6 Å². The maximum Gasteiger partial charge on any atom is 0.163 e. The van der Waals surface area contributed by atoms with Crippen LogP contribution in [0.4, 0.5) is 4.39 Å². The van der Waals surface area contributed by atoms with Gasteiger partial charge in [0, 0.05) is 22.2 Å². The lowest BCUT2D eigenvalue weighted by Gasteiger charge is -2.20. The molecule has 4 heterocycles. The molecule has 0 saturated carbocycles. The molecule has 0 saturated heterocycles. The summed E-state index contributed by atoms with van der Waals surface area (Å²) in [5.74, 6) is -0.410. The number of pyridine rings is 2. The average molecular weight is 433 g/mol. The zero-order valence-corrected chi connectivity index (χ0v) is 17.7. The summed E-state index contributed by atoms with van der Waals surface area (Å²) in [7, 11) is 0. The zero-order chi connectivity index (χ0) is 21.5. The number of nitrogens with zero attached hydrogens (tertiary/aromatic N) is 6. The van der Waals surface area contributed by atoms with Crippen LogP contribution in [0.15, 0.2) is 55.4 Å². The minimum absolute atomic E-state index is 0.182. The first-order valence-corrected chi connectivity index (χ1v) is 10.3. The van der Waals surface area contributed by atoms with Crippen molar-refractivity contribution in [3.05, 3.63) is 77.5 Å². The molecule has 1 atom stereocenters. The van der Waals surface area contributed by atoms with Gasteiger partial charge in [0.2, 0.25) is 0 Å². The number of fused-ring (bicyclic) bond motifs is 2. The van der Waals surface area contributed by atoms with Crippen LogP contribution in [-0.4, -0.2) is 29.5 Å². The Bertz CT molecular complexity index is 1430. The van der Waals surface area contributed by atoms with Gasteiger partial charge in [0.1, 0.15) is 17.7 Å². The summed E-state index contributed by atoms with van der Waals surface area (Å²) < 4.78 is 16.2. The first kappa shape index (κ1) is 19.5. The topological polar surface area (TPSA) is 69.4 Å². The predicted molar refractivity (Wildman–Crippen MR) is 118 cm³/mol. The van der Waals surface area contributed by atoms with Gasteiger partial charge in [-0.2, -0.15) is 0 Å². The standard InChI is InChI=1S/C23H18ClFN6/c1-3-19-17(8-15(25)9-27-19)22-16(7-14-5-4-6-18(24)21(14)30-22)13(2)31-12-29-20-10-26-11-28-23(20)31/h4-13H,3H2,1-2H3/t13-/m0/s1. The van der Waals surface area contributed by atoms with E-state index in [9.17, 15) is 4.39 Å². The Labute approximate surface area is 182 Å². The number of aromatic nitrogens is 6. The Morgan fingerprint density at radius 2 is 2.00 bits per heavy atom. The minimum Gasteiger partial charge on any atom is -0.308 e. The molecule has 0 fully saturated rings. The van der Waals surface area contributed by atoms with Crippen molar-refractivity contribution in [3.63, 3.8) is 0 Å². The van der Waals surface area contributed by atoms with Gasteiger partial charge in [0.15, 0.2) is 5.65 Å². The van der Waals surface area contributed by atoms with Crippen molar-refractivity contribution in [2.45, 2.75) is 26.3 Å². The van der Waals surface area contributed by atoms with Crippen molar-refractivity contribution in [3.8, 4) is 11.3 Å². The number of hydrogen-bond acceptors (Lipinski definition) is 5. The molecule has 0 aliphatic heterocycles. The van der Waals surface area contributed by atoms with Crippen molar-refractivity contribution in [1.29, 1.82) is 0 Å². The molecular weight excluding hydrogens is 415 g/mol. The van der Waals surface area contributed by atoms with Crippen LogP contribution in [0.25, 0.3) is 33.3 Å². The zero-order valence-electron chi connectivity index (χ0n) is 16.9. The van der Waals surface area contributed by atoms with Crippen LogP contribution in [0.5, 0.6) is 0 Å². The summed E-state index contributed by atoms with van der Waals surface area (Å²) in [6, 6.07) is 9.01. The summed E-state index contributed by atoms with van der Waals surface area (Å²) in [5, 5.41) is 1.45. The van der Waals surface area contributed by atoms with Crippen LogP contribution < -0.4 is 0 Å². The molecule has 4 aromatic heterocycles. The molecule has 0 amide bonds. The number of benzene rings is 1. The second kappa shape index (κ2) is 7.67. The molecule has 5 aromatic rings. The maximum absolute atomic E-state index is 14.2. The molecule has 31 heavy (non-hydrogen) atoms. The van der Waals surface area contributed by atoms with Gasteiger partial charge >= 0.3 is 0 Å². The summed E-state index contributed by atoms with van der Waals surface area (Å²) >= 11 is 6.45. The Kier molecular flexibility index (Phi) is 4.82. The van der Waals surface area contributed by atoms with Crippen molar-refractivity contribution in [1.82, 2.24) is 29.5 Å². The van der Waals surface area contributed by atoms with Gasteiger partial charge in [-0.3, -0.25) is 4.98 Å². The molecule has 8 heteroatoms. The fraction of sp³-hybridized carbons (Fsp3) is 0.174. The third-order valence-electron chi connectivity index (χ3n) is 5.46. The lowest BCUT2D eigenvalue weighted by atomic mass is 9.96. The van der Waals surface area contributed by atoms with Gasteiger partial charge in [-0.25, -0.2) is 24.3 Å². The molecule has 154 valence electrons. The third-order valence-corrected chi connectivity index (χ3v) is 5.76. The van der Waals surface area contributed by atoms with Gasteiger partial charge in [-0.1, -0.05) is 30.7 Å². The fourth-order valence-corrected chi connectivity index (χ4v) is 4.11. The highest BCUT2D eigenvalue weighted by Crippen LogP contribution is 2.36. The van der Waals surface area contributed by atoms with Crippen molar-refractivity contribution in [2.75, 3.05) is 0 Å². The average Bonchev–Trinajstić information content (AvgIpc) is 3.22. The van der Waals surface area contributed by atoms with Crippen molar-refractivity contribution in [2.24, 2.45) is 0 Å². The van der Waals surface area contributed by atoms with Crippen LogP contribution in [0.3, 0.4) is 0 Å². The molecule has 0 aliphatic rings. The SMILES string of the molecule is CCc1ncc(F)cc1-c1nc2c(Cl)cccc2cc1[C@H](C)n1cnc2cncnc21. The van der Waals surface area contributed by atoms with Crippen molar-refractivity contribution < 1.29 is 4.39 Å². The molecule has 1 aromatic carbocycles. The Morgan fingerprint density at radius 1 is 1.13 bits per heavy atom. The Hall–Kier alpha value is -3.45. The minimum atomic E-state index is -0.410. The van der Waals surface area contributed by atoms with E-state index in [1.165, 1.54) is 18.6 Å². The first-order chi connectivity index (χ1) is 15.1. The van der Waals surface area contributed by atoms with E-state index in [-0.39, 0.29) is 6.04 Å². The molecular formula is C23H18ClFN6. The quantitative estimate of drug-likeness (QED) is 0.380. The predicted octanol–water partition coefficient (Wildman–Crippen LogP) is 5.40. The summed E-state index contributed by atoms with van der Waals surface area (Å²) in [4.78, 5) is 22.1. The van der Waals surface area contributed by atoms with Gasteiger partial charge in [0.25, 0.3) is 0 Å². The maximum atomic E-state index is 14.2. The van der Waals surface area contributed by atoms with Crippen LogP contribution >= 0.6 is 11.6 Å². The third kappa shape index (κ3) is 3.31. The second-order valence-electron chi connectivity index (χ2n) is 7.30. The molecule has 6 nitrogen and oxygen atoms in total. The molecule has 0 aliphatic carbocycles. The number of para-hydroxylation sites is 1. The van der Waals surface area contributed by atoms with Crippen LogP contribution in [0.1, 0.15) is 31.1 Å². The molecule has 0 unspecified atom stereocenters. The van der Waals surface area contributed by atoms with E-state index >= 15 is 0 Å². The smallest absolute Gasteiger partial charge is 0.163 e. The molecule has 0 N–H and O–H groups in total. The Morgan fingerprint density at radius 3 is 2.84 bits per heavy atom. The highest BCUT2D eigenvalue weighted by atomic mass is 35.5. The lowest BCUT2D eigenvalue weighted by molar-refractivity contribution is 0.619. The van der Waals surface area contributed by atoms with E-state index in [1.54, 1.807) is 18.6 Å². The van der Waals surface area contributed by atoms with Gasteiger partial charge in [0.05, 0.1) is 41.0 Å². The Balaban J connectivity index is 1.81.